The highest BCUT2D eigenvalue weighted by Crippen LogP contribution is 2.25. The van der Waals surface area contributed by atoms with Crippen LogP contribution in [0.1, 0.15) is 38.5 Å². The SMILES string of the molecule is FC(F)(F)C1CCCCCCCN1. The molecule has 0 aromatic heterocycles. The molecule has 0 bridgehead atoms. The van der Waals surface area contributed by atoms with Crippen LogP contribution in [0.15, 0.2) is 0 Å². The fourth-order valence-electron chi connectivity index (χ4n) is 1.66. The maximum atomic E-state index is 12.3. The van der Waals surface area contributed by atoms with E-state index in [9.17, 15) is 13.2 Å². The second kappa shape index (κ2) is 4.84. The van der Waals surface area contributed by atoms with E-state index in [1.165, 1.54) is 0 Å². The van der Waals surface area contributed by atoms with Gasteiger partial charge in [-0.3, -0.25) is 0 Å². The molecule has 0 aliphatic carbocycles. The predicted molar refractivity (Wildman–Crippen MR) is 45.5 cm³/mol. The third-order valence-electron chi connectivity index (χ3n) is 2.46. The molecular weight excluding hydrogens is 179 g/mol. The van der Waals surface area contributed by atoms with E-state index in [1.807, 2.05) is 0 Å². The molecule has 1 aliphatic heterocycles. The highest BCUT2D eigenvalue weighted by Gasteiger charge is 2.38. The number of rotatable bonds is 0. The topological polar surface area (TPSA) is 12.0 Å². The molecule has 0 aromatic carbocycles. The van der Waals surface area contributed by atoms with Gasteiger partial charge in [-0.2, -0.15) is 13.2 Å². The lowest BCUT2D eigenvalue weighted by Crippen LogP contribution is -2.42. The second-order valence-electron chi connectivity index (χ2n) is 3.60. The van der Waals surface area contributed by atoms with E-state index < -0.39 is 12.2 Å². The summed E-state index contributed by atoms with van der Waals surface area (Å²) in [5.41, 5.74) is 0. The summed E-state index contributed by atoms with van der Waals surface area (Å²) in [5, 5.41) is 2.58. The summed E-state index contributed by atoms with van der Waals surface area (Å²) in [6, 6.07) is -1.27. The zero-order valence-electron chi connectivity index (χ0n) is 7.66. The van der Waals surface area contributed by atoms with Crippen molar-refractivity contribution in [1.82, 2.24) is 5.32 Å². The summed E-state index contributed by atoms with van der Waals surface area (Å²) < 4.78 is 37.0. The quantitative estimate of drug-likeness (QED) is 0.626. The smallest absolute Gasteiger partial charge is 0.306 e. The Bertz CT molecular complexity index is 134. The Hall–Kier alpha value is -0.250. The summed E-state index contributed by atoms with van der Waals surface area (Å²) in [6.07, 6.45) is 0.801. The van der Waals surface area contributed by atoms with Crippen molar-refractivity contribution in [2.75, 3.05) is 6.54 Å². The van der Waals surface area contributed by atoms with Gasteiger partial charge in [0.25, 0.3) is 0 Å². The minimum atomic E-state index is -4.07. The van der Waals surface area contributed by atoms with Crippen molar-refractivity contribution in [1.29, 1.82) is 0 Å². The molecule has 0 radical (unpaired) electrons. The molecule has 0 aromatic rings. The van der Waals surface area contributed by atoms with Gasteiger partial charge in [0.1, 0.15) is 6.04 Å². The largest absolute Gasteiger partial charge is 0.403 e. The van der Waals surface area contributed by atoms with Gasteiger partial charge in [-0.1, -0.05) is 25.7 Å². The summed E-state index contributed by atoms with van der Waals surface area (Å²) in [6.45, 7) is 0.504. The molecule has 1 nitrogen and oxygen atoms in total. The highest BCUT2D eigenvalue weighted by molar-refractivity contribution is 4.75. The van der Waals surface area contributed by atoms with Gasteiger partial charge in [-0.15, -0.1) is 0 Å². The van der Waals surface area contributed by atoms with Crippen LogP contribution in [0, 0.1) is 0 Å². The van der Waals surface area contributed by atoms with E-state index in [0.717, 1.165) is 25.7 Å². The fourth-order valence-corrected chi connectivity index (χ4v) is 1.66. The first-order valence-corrected chi connectivity index (χ1v) is 4.91. The van der Waals surface area contributed by atoms with E-state index in [2.05, 4.69) is 5.32 Å². The van der Waals surface area contributed by atoms with Gasteiger partial charge >= 0.3 is 6.18 Å². The van der Waals surface area contributed by atoms with E-state index in [-0.39, 0.29) is 6.42 Å². The van der Waals surface area contributed by atoms with Gasteiger partial charge in [-0.05, 0) is 19.4 Å². The Kier molecular flexibility index (Phi) is 4.03. The van der Waals surface area contributed by atoms with Gasteiger partial charge in [0.2, 0.25) is 0 Å². The van der Waals surface area contributed by atoms with Crippen molar-refractivity contribution in [3.8, 4) is 0 Å². The maximum Gasteiger partial charge on any atom is 0.403 e. The Morgan fingerprint density at radius 2 is 1.54 bits per heavy atom. The van der Waals surface area contributed by atoms with Crippen LogP contribution in [-0.4, -0.2) is 18.8 Å². The molecular formula is C9H16F3N. The number of hydrogen-bond donors (Lipinski definition) is 1. The first kappa shape index (κ1) is 10.8. The number of halogens is 3. The van der Waals surface area contributed by atoms with Crippen LogP contribution >= 0.6 is 0 Å². The van der Waals surface area contributed by atoms with Crippen LogP contribution in [-0.2, 0) is 0 Å². The summed E-state index contributed by atoms with van der Waals surface area (Å²) in [7, 11) is 0. The lowest BCUT2D eigenvalue weighted by atomic mass is 10.1. The molecule has 1 unspecified atom stereocenters. The van der Waals surface area contributed by atoms with Crippen molar-refractivity contribution >= 4 is 0 Å². The molecule has 1 atom stereocenters. The van der Waals surface area contributed by atoms with Crippen molar-refractivity contribution in [3.05, 3.63) is 0 Å². The highest BCUT2D eigenvalue weighted by atomic mass is 19.4. The van der Waals surface area contributed by atoms with Gasteiger partial charge in [0.15, 0.2) is 0 Å². The zero-order valence-corrected chi connectivity index (χ0v) is 7.66. The van der Waals surface area contributed by atoms with E-state index in [0.29, 0.717) is 13.0 Å². The van der Waals surface area contributed by atoms with Crippen molar-refractivity contribution < 1.29 is 13.2 Å². The first-order chi connectivity index (χ1) is 6.11. The molecule has 1 N–H and O–H groups in total. The molecule has 1 rings (SSSR count). The summed E-state index contributed by atoms with van der Waals surface area (Å²) in [4.78, 5) is 0. The van der Waals surface area contributed by atoms with E-state index >= 15 is 0 Å². The van der Waals surface area contributed by atoms with Gasteiger partial charge in [-0.25, -0.2) is 0 Å². The standard InChI is InChI=1S/C9H16F3N/c10-9(11,12)8-6-4-2-1-3-5-7-13-8/h8,13H,1-7H2. The minimum absolute atomic E-state index is 0.240. The maximum absolute atomic E-state index is 12.3. The average Bonchev–Trinajstić information content (AvgIpc) is 2.14. The molecule has 1 fully saturated rings. The van der Waals surface area contributed by atoms with E-state index in [4.69, 9.17) is 0 Å². The Labute approximate surface area is 76.7 Å². The van der Waals surface area contributed by atoms with Crippen LogP contribution in [0.4, 0.5) is 13.2 Å². The number of alkyl halides is 3. The van der Waals surface area contributed by atoms with Crippen molar-refractivity contribution in [2.24, 2.45) is 0 Å². The van der Waals surface area contributed by atoms with Crippen molar-refractivity contribution in [2.45, 2.75) is 50.7 Å². The third kappa shape index (κ3) is 3.98. The fraction of sp³-hybridized carbons (Fsp3) is 1.00. The molecule has 1 aliphatic rings. The Morgan fingerprint density at radius 3 is 2.23 bits per heavy atom. The molecule has 1 saturated heterocycles. The summed E-state index contributed by atoms with van der Waals surface area (Å²) in [5.74, 6) is 0. The molecule has 13 heavy (non-hydrogen) atoms. The van der Waals surface area contributed by atoms with Gasteiger partial charge < -0.3 is 5.32 Å². The van der Waals surface area contributed by atoms with Crippen LogP contribution in [0.5, 0.6) is 0 Å². The van der Waals surface area contributed by atoms with Crippen LogP contribution in [0.2, 0.25) is 0 Å². The van der Waals surface area contributed by atoms with E-state index in [1.54, 1.807) is 0 Å². The Balaban J connectivity index is 2.41. The molecule has 4 heteroatoms. The Morgan fingerprint density at radius 1 is 0.923 bits per heavy atom. The third-order valence-corrected chi connectivity index (χ3v) is 2.46. The van der Waals surface area contributed by atoms with Crippen LogP contribution in [0.25, 0.3) is 0 Å². The monoisotopic (exact) mass is 195 g/mol. The van der Waals surface area contributed by atoms with Gasteiger partial charge in [0.05, 0.1) is 0 Å². The normalized spacial score (nSPS) is 27.5. The second-order valence-corrected chi connectivity index (χ2v) is 3.60. The summed E-state index contributed by atoms with van der Waals surface area (Å²) >= 11 is 0. The van der Waals surface area contributed by atoms with Gasteiger partial charge in [0, 0.05) is 0 Å². The molecule has 78 valence electrons. The molecule has 0 saturated carbocycles. The molecule has 0 spiro atoms. The lowest BCUT2D eigenvalue weighted by molar-refractivity contribution is -0.157. The van der Waals surface area contributed by atoms with Crippen molar-refractivity contribution in [3.63, 3.8) is 0 Å². The minimum Gasteiger partial charge on any atom is -0.306 e. The van der Waals surface area contributed by atoms with Crippen LogP contribution < -0.4 is 5.32 Å². The average molecular weight is 195 g/mol. The number of hydrogen-bond acceptors (Lipinski definition) is 1. The first-order valence-electron chi connectivity index (χ1n) is 4.91. The van der Waals surface area contributed by atoms with Crippen LogP contribution in [0.3, 0.4) is 0 Å². The predicted octanol–water partition coefficient (Wildman–Crippen LogP) is 2.86. The lowest BCUT2D eigenvalue weighted by Gasteiger charge is -2.20. The molecule has 1 heterocycles. The molecule has 0 amide bonds. The zero-order chi connectivity index (χ0) is 9.73. The number of nitrogens with one attached hydrogen (secondary N) is 1.